The molecule has 0 saturated heterocycles. The molecule has 5 aromatic carbocycles. The summed E-state index contributed by atoms with van der Waals surface area (Å²) < 4.78 is 11.2. The van der Waals surface area contributed by atoms with Crippen molar-refractivity contribution in [3.05, 3.63) is 231 Å². The van der Waals surface area contributed by atoms with Crippen molar-refractivity contribution >= 4 is 11.0 Å². The van der Waals surface area contributed by atoms with Crippen LogP contribution in [0.15, 0.2) is 231 Å². The number of hydrogen-bond donors (Lipinski definition) is 0. The number of rotatable bonds is 12. The fraction of sp³-hybridized carbons (Fsp3) is 0.0312. The summed E-state index contributed by atoms with van der Waals surface area (Å²) in [6, 6.07) is 69.2. The highest BCUT2D eigenvalue weighted by Crippen LogP contribution is 2.41. The lowest BCUT2D eigenvalue weighted by Gasteiger charge is -2.17. The molecule has 0 radical (unpaired) electrons. The van der Waals surface area contributed by atoms with Crippen LogP contribution in [-0.2, 0) is 0 Å². The zero-order valence-corrected chi connectivity index (χ0v) is 40.3. The molecule has 74 heavy (non-hydrogen) atoms. The first-order chi connectivity index (χ1) is 36.5. The van der Waals surface area contributed by atoms with Crippen molar-refractivity contribution in [3.8, 4) is 124 Å². The Morgan fingerprint density at radius 1 is 0.257 bits per heavy atom. The highest BCUT2D eigenvalue weighted by Gasteiger charge is 2.21. The normalized spacial score (nSPS) is 11.1. The van der Waals surface area contributed by atoms with Gasteiger partial charge in [0.05, 0.1) is 82.2 Å². The Bertz CT molecular complexity index is 3550. The third kappa shape index (κ3) is 9.11. The average molecular weight is 957 g/mol. The van der Waals surface area contributed by atoms with Crippen LogP contribution in [-0.4, -0.2) is 54.1 Å². The van der Waals surface area contributed by atoms with Gasteiger partial charge in [0, 0.05) is 47.0 Å². The molecule has 352 valence electrons. The van der Waals surface area contributed by atoms with Gasteiger partial charge < -0.3 is 9.47 Å². The molecule has 0 aliphatic rings. The minimum absolute atomic E-state index is 0.738. The molecule has 7 aromatic heterocycles. The summed E-state index contributed by atoms with van der Waals surface area (Å²) in [6.45, 7) is 0. The van der Waals surface area contributed by atoms with Gasteiger partial charge in [-0.3, -0.25) is 19.9 Å². The Balaban J connectivity index is 1.01. The van der Waals surface area contributed by atoms with Crippen LogP contribution in [0, 0.1) is 0 Å². The molecule has 0 amide bonds. The minimum atomic E-state index is 0.738. The van der Waals surface area contributed by atoms with Gasteiger partial charge in [0.15, 0.2) is 0 Å². The maximum absolute atomic E-state index is 5.62. The van der Waals surface area contributed by atoms with E-state index in [2.05, 4.69) is 105 Å². The average Bonchev–Trinajstić information content (AvgIpc) is 3.49. The molecule has 0 saturated carbocycles. The topological polar surface area (TPSA) is 122 Å². The number of ether oxygens (including phenoxy) is 2. The summed E-state index contributed by atoms with van der Waals surface area (Å²) in [5.41, 5.74) is 18.9. The Morgan fingerprint density at radius 3 is 0.838 bits per heavy atom. The Hall–Kier alpha value is -10.1. The Kier molecular flexibility index (Phi) is 12.2. The van der Waals surface area contributed by atoms with Crippen molar-refractivity contribution in [2.75, 3.05) is 14.2 Å². The SMILES string of the molecule is COc1ccc(-c2nc3c(-c4ccc(-c5cc(-c6ccccn6)nc(-c6ccccn6)c5)cc4)ccc(-c4ccc(-c5cc(-c6ccccn6)nc(-c6ccccn6)c5)cc4)c3nc2-c2ccc(OC)cc2)cc1. The molecule has 12 aromatic rings. The summed E-state index contributed by atoms with van der Waals surface area (Å²) in [4.78, 5) is 39.8. The molecule has 0 fully saturated rings. The first-order valence-electron chi connectivity index (χ1n) is 24.1. The molecule has 0 spiro atoms. The first-order valence-corrected chi connectivity index (χ1v) is 24.1. The maximum Gasteiger partial charge on any atom is 0.118 e. The van der Waals surface area contributed by atoms with Crippen LogP contribution in [0.5, 0.6) is 11.5 Å². The first kappa shape index (κ1) is 45.1. The molecule has 0 unspecified atom stereocenters. The smallest absolute Gasteiger partial charge is 0.118 e. The number of nitrogens with zero attached hydrogens (tertiary/aromatic N) is 8. The molecule has 0 bridgehead atoms. The van der Waals surface area contributed by atoms with E-state index in [-0.39, 0.29) is 0 Å². The lowest BCUT2D eigenvalue weighted by atomic mass is 9.93. The van der Waals surface area contributed by atoms with Crippen LogP contribution in [0.3, 0.4) is 0 Å². The van der Waals surface area contributed by atoms with Crippen LogP contribution in [0.1, 0.15) is 0 Å². The second-order valence-corrected chi connectivity index (χ2v) is 17.5. The van der Waals surface area contributed by atoms with Gasteiger partial charge in [0.1, 0.15) is 11.5 Å². The van der Waals surface area contributed by atoms with Gasteiger partial charge in [-0.1, -0.05) is 84.9 Å². The third-order valence-corrected chi connectivity index (χ3v) is 13.0. The van der Waals surface area contributed by atoms with Crippen molar-refractivity contribution in [2.24, 2.45) is 0 Å². The van der Waals surface area contributed by atoms with Gasteiger partial charge >= 0.3 is 0 Å². The maximum atomic E-state index is 5.62. The van der Waals surface area contributed by atoms with E-state index in [1.807, 2.05) is 121 Å². The fourth-order valence-electron chi connectivity index (χ4n) is 9.16. The zero-order valence-electron chi connectivity index (χ0n) is 40.3. The van der Waals surface area contributed by atoms with Crippen LogP contribution in [0.4, 0.5) is 0 Å². The molecule has 10 nitrogen and oxygen atoms in total. The molecule has 0 aliphatic carbocycles. The van der Waals surface area contributed by atoms with Crippen LogP contribution in [0.25, 0.3) is 124 Å². The van der Waals surface area contributed by atoms with Gasteiger partial charge in [-0.2, -0.15) is 0 Å². The largest absolute Gasteiger partial charge is 0.497 e. The van der Waals surface area contributed by atoms with Crippen molar-refractivity contribution in [1.29, 1.82) is 0 Å². The predicted molar refractivity (Wildman–Crippen MR) is 294 cm³/mol. The molecule has 12 rings (SSSR count). The monoisotopic (exact) mass is 956 g/mol. The van der Waals surface area contributed by atoms with Crippen molar-refractivity contribution < 1.29 is 9.47 Å². The van der Waals surface area contributed by atoms with E-state index in [4.69, 9.17) is 29.4 Å². The molecule has 10 heteroatoms. The van der Waals surface area contributed by atoms with Crippen molar-refractivity contribution in [1.82, 2.24) is 39.9 Å². The summed E-state index contributed by atoms with van der Waals surface area (Å²) in [7, 11) is 3.34. The highest BCUT2D eigenvalue weighted by atomic mass is 16.5. The summed E-state index contributed by atoms with van der Waals surface area (Å²) in [5, 5.41) is 0. The van der Waals surface area contributed by atoms with Gasteiger partial charge in [0.2, 0.25) is 0 Å². The second kappa shape index (κ2) is 20.0. The number of pyridine rings is 6. The van der Waals surface area contributed by atoms with Gasteiger partial charge in [-0.25, -0.2) is 19.9 Å². The zero-order chi connectivity index (χ0) is 49.8. The van der Waals surface area contributed by atoms with Gasteiger partial charge in [0.25, 0.3) is 0 Å². The second-order valence-electron chi connectivity index (χ2n) is 17.5. The molecular formula is C64H44N8O2. The van der Waals surface area contributed by atoms with Gasteiger partial charge in [-0.05, 0) is 155 Å². The number of benzene rings is 5. The number of hydrogen-bond acceptors (Lipinski definition) is 10. The van der Waals surface area contributed by atoms with Crippen molar-refractivity contribution in [2.45, 2.75) is 0 Å². The number of methoxy groups -OCH3 is 2. The lowest BCUT2D eigenvalue weighted by molar-refractivity contribution is 0.414. The minimum Gasteiger partial charge on any atom is -0.497 e. The molecule has 0 aliphatic heterocycles. The highest BCUT2D eigenvalue weighted by molar-refractivity contribution is 6.03. The Morgan fingerprint density at radius 2 is 0.554 bits per heavy atom. The standard InChI is InChI=1S/C64H44N8O2/c1-73-49-27-23-45(24-28-49)61-62(46-25-29-50(74-2)30-26-46)72-64-52(44-21-17-42(18-22-44)48-39-59(55-13-5-9-35-67-55)70-60(40-48)56-14-6-10-36-68-56)32-31-51(63(64)71-61)43-19-15-41(16-20-43)47-37-57(53-11-3-7-33-65-53)69-58(38-47)54-12-4-8-34-66-54/h3-40H,1-2H3. The van der Waals surface area contributed by atoms with E-state index in [9.17, 15) is 0 Å². The third-order valence-electron chi connectivity index (χ3n) is 13.0. The fourth-order valence-corrected chi connectivity index (χ4v) is 9.16. The van der Waals surface area contributed by atoms with E-state index in [0.717, 1.165) is 135 Å². The van der Waals surface area contributed by atoms with Crippen LogP contribution < -0.4 is 9.47 Å². The van der Waals surface area contributed by atoms with E-state index in [1.165, 1.54) is 0 Å². The van der Waals surface area contributed by atoms with Gasteiger partial charge in [-0.15, -0.1) is 0 Å². The Labute approximate surface area is 427 Å². The summed E-state index contributed by atoms with van der Waals surface area (Å²) >= 11 is 0. The molecule has 0 N–H and O–H groups in total. The summed E-state index contributed by atoms with van der Waals surface area (Å²) in [6.07, 6.45) is 7.14. The predicted octanol–water partition coefficient (Wildman–Crippen LogP) is 14.7. The molecule has 0 atom stereocenters. The molecule has 7 heterocycles. The number of aromatic nitrogens is 8. The lowest BCUT2D eigenvalue weighted by Crippen LogP contribution is -1.99. The summed E-state index contributed by atoms with van der Waals surface area (Å²) in [5.74, 6) is 1.50. The quantitative estimate of drug-likeness (QED) is 0.117. The molecular weight excluding hydrogens is 913 g/mol. The van der Waals surface area contributed by atoms with E-state index >= 15 is 0 Å². The van der Waals surface area contributed by atoms with Crippen molar-refractivity contribution in [3.63, 3.8) is 0 Å². The van der Waals surface area contributed by atoms with E-state index in [1.54, 1.807) is 39.0 Å². The number of fused-ring (bicyclic) bond motifs is 1. The van der Waals surface area contributed by atoms with Crippen LogP contribution >= 0.6 is 0 Å². The van der Waals surface area contributed by atoms with E-state index < -0.39 is 0 Å². The van der Waals surface area contributed by atoms with Crippen LogP contribution in [0.2, 0.25) is 0 Å². The van der Waals surface area contributed by atoms with E-state index in [0.29, 0.717) is 0 Å².